The third-order valence-corrected chi connectivity index (χ3v) is 5.38. The van der Waals surface area contributed by atoms with Gasteiger partial charge in [-0.25, -0.2) is 0 Å². The monoisotopic (exact) mass is 331 g/mol. The Balaban J connectivity index is 1.64. The van der Waals surface area contributed by atoms with Crippen LogP contribution >= 0.6 is 0 Å². The number of nitrogens with one attached hydrogen (secondary N) is 1. The van der Waals surface area contributed by atoms with Crippen molar-refractivity contribution in [1.82, 2.24) is 10.2 Å². The lowest BCUT2D eigenvalue weighted by atomic mass is 9.68. The predicted octanol–water partition coefficient (Wildman–Crippen LogP) is 2.57. The maximum Gasteiger partial charge on any atom is 0.194 e. The molecule has 2 fully saturated rings. The van der Waals surface area contributed by atoms with Gasteiger partial charge in [0.25, 0.3) is 0 Å². The number of rotatable bonds is 5. The van der Waals surface area contributed by atoms with Gasteiger partial charge >= 0.3 is 0 Å². The molecule has 1 heterocycles. The van der Waals surface area contributed by atoms with E-state index in [1.54, 1.807) is 7.11 Å². The number of likely N-dealkylation sites (tertiary alicyclic amines) is 1. The number of aliphatic imine (C=N–C) groups is 1. The summed E-state index contributed by atoms with van der Waals surface area (Å²) in [4.78, 5) is 7.05. The maximum absolute atomic E-state index is 10.5. The van der Waals surface area contributed by atoms with Crippen LogP contribution in [-0.2, 0) is 0 Å². The highest BCUT2D eigenvalue weighted by atomic mass is 16.5. The normalized spacial score (nSPS) is 20.8. The van der Waals surface area contributed by atoms with Gasteiger partial charge in [-0.05, 0) is 49.3 Å². The molecule has 2 N–H and O–H groups in total. The van der Waals surface area contributed by atoms with Crippen molar-refractivity contribution in [3.8, 4) is 5.75 Å². The molecule has 1 aromatic carbocycles. The van der Waals surface area contributed by atoms with Gasteiger partial charge in [0.05, 0.1) is 19.8 Å². The second-order valence-electron chi connectivity index (χ2n) is 7.01. The Labute approximate surface area is 144 Å². The summed E-state index contributed by atoms with van der Waals surface area (Å²) in [6.07, 6.45) is 4.74. The van der Waals surface area contributed by atoms with Gasteiger partial charge < -0.3 is 20.1 Å². The summed E-state index contributed by atoms with van der Waals surface area (Å²) in [5, 5.41) is 13.8. The molecule has 2 aliphatic rings. The van der Waals surface area contributed by atoms with Crippen molar-refractivity contribution < 1.29 is 9.84 Å². The van der Waals surface area contributed by atoms with E-state index in [1.165, 1.54) is 25.7 Å². The van der Waals surface area contributed by atoms with Crippen LogP contribution in [0.4, 0.5) is 0 Å². The highest BCUT2D eigenvalue weighted by Crippen LogP contribution is 2.47. The first-order valence-electron chi connectivity index (χ1n) is 9.01. The first kappa shape index (κ1) is 17.1. The zero-order valence-electron chi connectivity index (χ0n) is 14.8. The van der Waals surface area contributed by atoms with Crippen LogP contribution in [0.2, 0.25) is 0 Å². The lowest BCUT2D eigenvalue weighted by Gasteiger charge is -2.38. The summed E-state index contributed by atoms with van der Waals surface area (Å²) in [7, 11) is 1.64. The summed E-state index contributed by atoms with van der Waals surface area (Å²) < 4.78 is 5.22. The SMILES string of the molecule is CCNC(=NCC(O)c1cccc(OC)c1)N1CCC2(CCC2)C1. The van der Waals surface area contributed by atoms with E-state index in [-0.39, 0.29) is 0 Å². The van der Waals surface area contributed by atoms with E-state index in [0.29, 0.717) is 12.0 Å². The predicted molar refractivity (Wildman–Crippen MR) is 96.4 cm³/mol. The van der Waals surface area contributed by atoms with Crippen molar-refractivity contribution in [1.29, 1.82) is 0 Å². The van der Waals surface area contributed by atoms with E-state index in [9.17, 15) is 5.11 Å². The second kappa shape index (κ2) is 7.43. The third-order valence-electron chi connectivity index (χ3n) is 5.38. The average molecular weight is 331 g/mol. The Morgan fingerprint density at radius 2 is 2.25 bits per heavy atom. The van der Waals surface area contributed by atoms with Gasteiger partial charge in [-0.1, -0.05) is 18.6 Å². The molecule has 1 aromatic rings. The molecule has 0 bridgehead atoms. The van der Waals surface area contributed by atoms with Crippen LogP contribution in [0.15, 0.2) is 29.3 Å². The molecule has 1 saturated heterocycles. The Morgan fingerprint density at radius 3 is 2.88 bits per heavy atom. The smallest absolute Gasteiger partial charge is 0.194 e. The molecule has 24 heavy (non-hydrogen) atoms. The van der Waals surface area contributed by atoms with E-state index in [4.69, 9.17) is 9.73 Å². The fourth-order valence-electron chi connectivity index (χ4n) is 3.75. The van der Waals surface area contributed by atoms with Crippen LogP contribution in [0.1, 0.15) is 44.3 Å². The van der Waals surface area contributed by atoms with Crippen molar-refractivity contribution in [2.45, 2.75) is 38.7 Å². The van der Waals surface area contributed by atoms with E-state index < -0.39 is 6.10 Å². The number of hydrogen-bond donors (Lipinski definition) is 2. The minimum atomic E-state index is -0.617. The van der Waals surface area contributed by atoms with Crippen molar-refractivity contribution in [3.05, 3.63) is 29.8 Å². The average Bonchev–Trinajstić information content (AvgIpc) is 3.04. The Bertz CT molecular complexity index is 584. The molecule has 5 heteroatoms. The molecule has 1 unspecified atom stereocenters. The molecule has 0 radical (unpaired) electrons. The van der Waals surface area contributed by atoms with Gasteiger partial charge in [0.2, 0.25) is 0 Å². The van der Waals surface area contributed by atoms with Crippen molar-refractivity contribution in [2.75, 3.05) is 33.3 Å². The topological polar surface area (TPSA) is 57.1 Å². The molecule has 1 atom stereocenters. The van der Waals surface area contributed by atoms with Crippen LogP contribution in [0.3, 0.4) is 0 Å². The quantitative estimate of drug-likeness (QED) is 0.643. The molecule has 1 aliphatic heterocycles. The number of hydrogen-bond acceptors (Lipinski definition) is 3. The lowest BCUT2D eigenvalue weighted by Crippen LogP contribution is -2.42. The molecule has 1 aliphatic carbocycles. The summed E-state index contributed by atoms with van der Waals surface area (Å²) in [5.74, 6) is 1.69. The highest BCUT2D eigenvalue weighted by Gasteiger charge is 2.43. The van der Waals surface area contributed by atoms with Crippen LogP contribution in [0.5, 0.6) is 5.75 Å². The van der Waals surface area contributed by atoms with Crippen molar-refractivity contribution >= 4 is 5.96 Å². The first-order valence-corrected chi connectivity index (χ1v) is 9.01. The number of aliphatic hydroxyl groups is 1. The van der Waals surface area contributed by atoms with Crippen LogP contribution in [0, 0.1) is 5.41 Å². The molecular formula is C19H29N3O2. The molecule has 3 rings (SSSR count). The second-order valence-corrected chi connectivity index (χ2v) is 7.01. The van der Waals surface area contributed by atoms with E-state index in [2.05, 4.69) is 17.1 Å². The fourth-order valence-corrected chi connectivity index (χ4v) is 3.75. The van der Waals surface area contributed by atoms with E-state index in [1.807, 2.05) is 24.3 Å². The molecule has 1 saturated carbocycles. The lowest BCUT2D eigenvalue weighted by molar-refractivity contribution is 0.151. The van der Waals surface area contributed by atoms with Crippen molar-refractivity contribution in [3.63, 3.8) is 0 Å². The summed E-state index contributed by atoms with van der Waals surface area (Å²) >= 11 is 0. The summed E-state index contributed by atoms with van der Waals surface area (Å²) in [5.41, 5.74) is 1.38. The Morgan fingerprint density at radius 1 is 1.42 bits per heavy atom. The third kappa shape index (κ3) is 3.66. The van der Waals surface area contributed by atoms with E-state index in [0.717, 1.165) is 36.9 Å². The number of aliphatic hydroxyl groups excluding tert-OH is 1. The number of guanidine groups is 1. The van der Waals surface area contributed by atoms with Gasteiger partial charge in [0.15, 0.2) is 5.96 Å². The molecule has 0 amide bonds. The molecule has 1 spiro atoms. The minimum absolute atomic E-state index is 0.360. The molecular weight excluding hydrogens is 302 g/mol. The molecule has 132 valence electrons. The van der Waals surface area contributed by atoms with Gasteiger partial charge in [0, 0.05) is 19.6 Å². The van der Waals surface area contributed by atoms with Crippen LogP contribution < -0.4 is 10.1 Å². The fraction of sp³-hybridized carbons (Fsp3) is 0.632. The van der Waals surface area contributed by atoms with E-state index >= 15 is 0 Å². The Kier molecular flexibility index (Phi) is 5.29. The first-order chi connectivity index (χ1) is 11.7. The molecule has 0 aromatic heterocycles. The summed E-state index contributed by atoms with van der Waals surface area (Å²) in [6, 6.07) is 7.56. The zero-order chi connectivity index (χ0) is 17.0. The minimum Gasteiger partial charge on any atom is -0.497 e. The highest BCUT2D eigenvalue weighted by molar-refractivity contribution is 5.80. The molecule has 5 nitrogen and oxygen atoms in total. The maximum atomic E-state index is 10.5. The van der Waals surface area contributed by atoms with Crippen LogP contribution in [-0.4, -0.2) is 49.3 Å². The number of benzene rings is 1. The van der Waals surface area contributed by atoms with Gasteiger partial charge in [-0.15, -0.1) is 0 Å². The van der Waals surface area contributed by atoms with Gasteiger partial charge in [-0.2, -0.15) is 0 Å². The Hall–Kier alpha value is -1.75. The van der Waals surface area contributed by atoms with Gasteiger partial charge in [-0.3, -0.25) is 4.99 Å². The van der Waals surface area contributed by atoms with Crippen molar-refractivity contribution in [2.24, 2.45) is 10.4 Å². The summed E-state index contributed by atoms with van der Waals surface area (Å²) in [6.45, 7) is 5.47. The number of methoxy groups -OCH3 is 1. The number of ether oxygens (including phenoxy) is 1. The van der Waals surface area contributed by atoms with Gasteiger partial charge in [0.1, 0.15) is 5.75 Å². The largest absolute Gasteiger partial charge is 0.497 e. The van der Waals surface area contributed by atoms with Crippen LogP contribution in [0.25, 0.3) is 0 Å². The number of nitrogens with zero attached hydrogens (tertiary/aromatic N) is 2. The standard InChI is InChI=1S/C19H29N3O2/c1-3-20-18(22-11-10-19(14-22)8-5-9-19)21-13-17(23)15-6-4-7-16(12-15)24-2/h4,6-7,12,17,23H,3,5,8-11,13-14H2,1-2H3,(H,20,21). The zero-order valence-corrected chi connectivity index (χ0v) is 14.8.